The predicted molar refractivity (Wildman–Crippen MR) is 81.3 cm³/mol. The van der Waals surface area contributed by atoms with Gasteiger partial charge in [-0.2, -0.15) is 5.10 Å². The van der Waals surface area contributed by atoms with E-state index in [9.17, 15) is 4.79 Å². The van der Waals surface area contributed by atoms with Gasteiger partial charge >= 0.3 is 0 Å². The molecule has 2 rings (SSSR count). The molecule has 0 aromatic carbocycles. The fraction of sp³-hybridized carbons (Fsp3) is 0.533. The Hall–Kier alpha value is -2.11. The summed E-state index contributed by atoms with van der Waals surface area (Å²) in [5.74, 6) is 0.917. The van der Waals surface area contributed by atoms with Crippen molar-refractivity contribution < 1.29 is 4.79 Å². The molecule has 0 saturated carbocycles. The van der Waals surface area contributed by atoms with Crippen molar-refractivity contribution in [1.82, 2.24) is 24.6 Å². The van der Waals surface area contributed by atoms with Crippen LogP contribution < -0.4 is 5.32 Å². The lowest BCUT2D eigenvalue weighted by Gasteiger charge is -2.14. The van der Waals surface area contributed by atoms with Gasteiger partial charge < -0.3 is 9.88 Å². The minimum absolute atomic E-state index is 0.0891. The summed E-state index contributed by atoms with van der Waals surface area (Å²) in [7, 11) is 0. The number of nitrogens with zero attached hydrogens (tertiary/aromatic N) is 4. The number of carbonyl (C=O) groups is 1. The van der Waals surface area contributed by atoms with Crippen LogP contribution >= 0.6 is 0 Å². The molecule has 0 atom stereocenters. The van der Waals surface area contributed by atoms with Crippen LogP contribution in [0.4, 0.5) is 0 Å². The van der Waals surface area contributed by atoms with Crippen molar-refractivity contribution >= 4 is 5.91 Å². The second-order valence-electron chi connectivity index (χ2n) is 5.32. The van der Waals surface area contributed by atoms with E-state index >= 15 is 0 Å². The van der Waals surface area contributed by atoms with Crippen LogP contribution in [0.3, 0.4) is 0 Å². The molecule has 6 nitrogen and oxygen atoms in total. The van der Waals surface area contributed by atoms with Crippen LogP contribution in [-0.2, 0) is 13.0 Å². The van der Waals surface area contributed by atoms with E-state index in [0.29, 0.717) is 24.8 Å². The summed E-state index contributed by atoms with van der Waals surface area (Å²) in [6, 6.07) is 2.11. The molecule has 6 heteroatoms. The summed E-state index contributed by atoms with van der Waals surface area (Å²) >= 11 is 0. The Kier molecular flexibility index (Phi) is 4.77. The molecule has 1 amide bonds. The van der Waals surface area contributed by atoms with Gasteiger partial charge in [-0.15, -0.1) is 0 Å². The van der Waals surface area contributed by atoms with Gasteiger partial charge in [0.1, 0.15) is 11.5 Å². The Balaban J connectivity index is 1.94. The fourth-order valence-electron chi connectivity index (χ4n) is 2.54. The molecule has 21 heavy (non-hydrogen) atoms. The van der Waals surface area contributed by atoms with Crippen LogP contribution in [0.15, 0.2) is 18.5 Å². The number of nitrogens with one attached hydrogen (secondary N) is 1. The molecule has 114 valence electrons. The number of aryl methyl sites for hydroxylation is 2. The lowest BCUT2D eigenvalue weighted by Crippen LogP contribution is -2.28. The zero-order valence-electron chi connectivity index (χ0n) is 13.1. The fourth-order valence-corrected chi connectivity index (χ4v) is 2.54. The van der Waals surface area contributed by atoms with Crippen molar-refractivity contribution in [2.45, 2.75) is 46.7 Å². The molecule has 0 unspecified atom stereocenters. The molecule has 1 N–H and O–H groups in total. The lowest BCUT2D eigenvalue weighted by atomic mass is 10.3. The first-order valence-electron chi connectivity index (χ1n) is 7.37. The highest BCUT2D eigenvalue weighted by Gasteiger charge is 2.12. The Morgan fingerprint density at radius 3 is 2.86 bits per heavy atom. The second-order valence-corrected chi connectivity index (χ2v) is 5.32. The predicted octanol–water partition coefficient (Wildman–Crippen LogP) is 1.96. The van der Waals surface area contributed by atoms with Crippen LogP contribution in [0.1, 0.15) is 48.8 Å². The minimum Gasteiger partial charge on any atom is -0.350 e. The van der Waals surface area contributed by atoms with Gasteiger partial charge in [0.2, 0.25) is 0 Å². The second kappa shape index (κ2) is 6.56. The Morgan fingerprint density at radius 2 is 2.19 bits per heavy atom. The van der Waals surface area contributed by atoms with E-state index in [1.54, 1.807) is 16.9 Å². The van der Waals surface area contributed by atoms with Crippen LogP contribution in [0.5, 0.6) is 0 Å². The molecule has 0 aliphatic carbocycles. The highest BCUT2D eigenvalue weighted by molar-refractivity contribution is 5.92. The van der Waals surface area contributed by atoms with E-state index in [4.69, 9.17) is 0 Å². The standard InChI is InChI=1S/C15H23N5O/c1-5-19-13(6-9-18-19)15(21)16-8-7-14-17-10-12(4)20(14)11(2)3/h6,9-11H,5,7-8H2,1-4H3,(H,16,21). The van der Waals surface area contributed by atoms with Crippen molar-refractivity contribution in [2.24, 2.45) is 0 Å². The Morgan fingerprint density at radius 1 is 1.43 bits per heavy atom. The third-order valence-electron chi connectivity index (χ3n) is 3.46. The highest BCUT2D eigenvalue weighted by atomic mass is 16.2. The zero-order valence-corrected chi connectivity index (χ0v) is 13.1. The SMILES string of the molecule is CCn1nccc1C(=O)NCCc1ncc(C)n1C(C)C. The van der Waals surface area contributed by atoms with Crippen molar-refractivity contribution in [3.63, 3.8) is 0 Å². The summed E-state index contributed by atoms with van der Waals surface area (Å²) < 4.78 is 3.89. The van der Waals surface area contributed by atoms with Crippen LogP contribution in [0.25, 0.3) is 0 Å². The molecule has 0 aliphatic rings. The number of hydrogen-bond donors (Lipinski definition) is 1. The summed E-state index contributed by atoms with van der Waals surface area (Å²) in [5, 5.41) is 7.03. The smallest absolute Gasteiger partial charge is 0.269 e. The van der Waals surface area contributed by atoms with Crippen molar-refractivity contribution in [3.05, 3.63) is 35.7 Å². The number of aromatic nitrogens is 4. The van der Waals surface area contributed by atoms with Crippen LogP contribution in [-0.4, -0.2) is 31.8 Å². The molecule has 2 aromatic rings. The molecule has 0 radical (unpaired) electrons. The summed E-state index contributed by atoms with van der Waals surface area (Å²) in [5.41, 5.74) is 1.75. The quantitative estimate of drug-likeness (QED) is 0.884. The largest absolute Gasteiger partial charge is 0.350 e. The van der Waals surface area contributed by atoms with Gasteiger partial charge in [-0.25, -0.2) is 4.98 Å². The molecular weight excluding hydrogens is 266 g/mol. The summed E-state index contributed by atoms with van der Waals surface area (Å²) in [6.07, 6.45) is 4.24. The van der Waals surface area contributed by atoms with Gasteiger partial charge in [0.05, 0.1) is 0 Å². The third kappa shape index (κ3) is 3.32. The molecular formula is C15H23N5O. The van der Waals surface area contributed by atoms with Gasteiger partial charge in [0.15, 0.2) is 0 Å². The first kappa shape index (κ1) is 15.3. The number of amides is 1. The summed E-state index contributed by atoms with van der Waals surface area (Å²) in [6.45, 7) is 9.54. The molecule has 0 spiro atoms. The lowest BCUT2D eigenvalue weighted by molar-refractivity contribution is 0.0943. The maximum Gasteiger partial charge on any atom is 0.269 e. The van der Waals surface area contributed by atoms with Crippen LogP contribution in [0, 0.1) is 6.92 Å². The molecule has 0 aliphatic heterocycles. The van der Waals surface area contributed by atoms with Gasteiger partial charge in [-0.05, 0) is 33.8 Å². The first-order chi connectivity index (χ1) is 10.0. The number of rotatable bonds is 6. The third-order valence-corrected chi connectivity index (χ3v) is 3.46. The van der Waals surface area contributed by atoms with Gasteiger partial charge in [0, 0.05) is 43.6 Å². The van der Waals surface area contributed by atoms with E-state index < -0.39 is 0 Å². The van der Waals surface area contributed by atoms with Gasteiger partial charge in [0.25, 0.3) is 5.91 Å². The topological polar surface area (TPSA) is 64.7 Å². The Labute approximate surface area is 125 Å². The average molecular weight is 289 g/mol. The van der Waals surface area contributed by atoms with Gasteiger partial charge in [-0.3, -0.25) is 9.48 Å². The van der Waals surface area contributed by atoms with E-state index in [-0.39, 0.29) is 5.91 Å². The normalized spacial score (nSPS) is 11.1. The highest BCUT2D eigenvalue weighted by Crippen LogP contribution is 2.13. The molecule has 0 fully saturated rings. The molecule has 2 aromatic heterocycles. The minimum atomic E-state index is -0.0891. The van der Waals surface area contributed by atoms with Crippen LogP contribution in [0.2, 0.25) is 0 Å². The number of imidazole rings is 1. The average Bonchev–Trinajstić information content (AvgIpc) is 3.04. The monoisotopic (exact) mass is 289 g/mol. The van der Waals surface area contributed by atoms with Gasteiger partial charge in [-0.1, -0.05) is 0 Å². The van der Waals surface area contributed by atoms with E-state index in [2.05, 4.69) is 40.7 Å². The zero-order chi connectivity index (χ0) is 15.4. The van der Waals surface area contributed by atoms with Crippen molar-refractivity contribution in [2.75, 3.05) is 6.54 Å². The van der Waals surface area contributed by atoms with Crippen molar-refractivity contribution in [1.29, 1.82) is 0 Å². The van der Waals surface area contributed by atoms with E-state index in [1.807, 2.05) is 13.1 Å². The Bertz CT molecular complexity index is 611. The maximum absolute atomic E-state index is 12.1. The first-order valence-corrected chi connectivity index (χ1v) is 7.37. The maximum atomic E-state index is 12.1. The van der Waals surface area contributed by atoms with Crippen molar-refractivity contribution in [3.8, 4) is 0 Å². The van der Waals surface area contributed by atoms with E-state index in [1.165, 1.54) is 0 Å². The summed E-state index contributed by atoms with van der Waals surface area (Å²) in [4.78, 5) is 16.5. The molecule has 0 bridgehead atoms. The number of carbonyl (C=O) groups excluding carboxylic acids is 1. The molecule has 0 saturated heterocycles. The molecule has 2 heterocycles. The van der Waals surface area contributed by atoms with E-state index in [0.717, 1.165) is 17.9 Å². The number of hydrogen-bond acceptors (Lipinski definition) is 3.